The van der Waals surface area contributed by atoms with E-state index in [1.165, 1.54) is 23.2 Å². The van der Waals surface area contributed by atoms with E-state index in [0.717, 1.165) is 13.1 Å². The molecule has 0 aliphatic rings. The van der Waals surface area contributed by atoms with Crippen molar-refractivity contribution in [3.05, 3.63) is 29.3 Å². The fourth-order valence-corrected chi connectivity index (χ4v) is 1.54. The number of rotatable bonds is 5. The fourth-order valence-electron chi connectivity index (χ4n) is 1.54. The van der Waals surface area contributed by atoms with Crippen molar-refractivity contribution in [2.75, 3.05) is 32.5 Å². The first-order valence-electron chi connectivity index (χ1n) is 5.55. The van der Waals surface area contributed by atoms with Gasteiger partial charge in [0.15, 0.2) is 0 Å². The molecule has 1 aromatic rings. The lowest BCUT2D eigenvalue weighted by Gasteiger charge is -2.12. The lowest BCUT2D eigenvalue weighted by Crippen LogP contribution is -2.16. The summed E-state index contributed by atoms with van der Waals surface area (Å²) in [5.74, 6) is 0. The minimum Gasteiger partial charge on any atom is -0.385 e. The van der Waals surface area contributed by atoms with Crippen molar-refractivity contribution in [3.63, 3.8) is 0 Å². The van der Waals surface area contributed by atoms with Crippen molar-refractivity contribution in [1.29, 1.82) is 0 Å². The Balaban J connectivity index is 2.40. The Morgan fingerprint density at radius 3 is 2.60 bits per heavy atom. The molecule has 15 heavy (non-hydrogen) atoms. The number of aryl methyl sites for hydroxylation is 2. The van der Waals surface area contributed by atoms with Crippen molar-refractivity contribution >= 4 is 5.69 Å². The van der Waals surface area contributed by atoms with E-state index >= 15 is 0 Å². The molecule has 0 saturated heterocycles. The lowest BCUT2D eigenvalue weighted by atomic mass is 10.1. The van der Waals surface area contributed by atoms with Gasteiger partial charge in [-0.1, -0.05) is 12.1 Å². The molecular formula is C13H22N2. The summed E-state index contributed by atoms with van der Waals surface area (Å²) < 4.78 is 0. The largest absolute Gasteiger partial charge is 0.385 e. The van der Waals surface area contributed by atoms with Crippen LogP contribution in [0.3, 0.4) is 0 Å². The second-order valence-electron chi connectivity index (χ2n) is 4.40. The van der Waals surface area contributed by atoms with Crippen LogP contribution in [0.25, 0.3) is 0 Å². The first-order chi connectivity index (χ1) is 7.09. The van der Waals surface area contributed by atoms with E-state index in [9.17, 15) is 0 Å². The summed E-state index contributed by atoms with van der Waals surface area (Å²) in [4.78, 5) is 2.21. The monoisotopic (exact) mass is 206 g/mol. The first kappa shape index (κ1) is 12.1. The first-order valence-corrected chi connectivity index (χ1v) is 5.55. The van der Waals surface area contributed by atoms with Crippen LogP contribution in [-0.2, 0) is 0 Å². The molecule has 0 saturated carbocycles. The summed E-state index contributed by atoms with van der Waals surface area (Å²) in [6.45, 7) is 6.46. The Hall–Kier alpha value is -1.02. The Bertz CT molecular complexity index is 305. The predicted octanol–water partition coefficient (Wildman–Crippen LogP) is 2.67. The molecule has 0 unspecified atom stereocenters. The molecule has 1 N–H and O–H groups in total. The molecule has 0 bridgehead atoms. The van der Waals surface area contributed by atoms with Crippen LogP contribution in [-0.4, -0.2) is 32.1 Å². The van der Waals surface area contributed by atoms with Crippen LogP contribution < -0.4 is 5.32 Å². The summed E-state index contributed by atoms with van der Waals surface area (Å²) in [6, 6.07) is 6.54. The Morgan fingerprint density at radius 1 is 1.20 bits per heavy atom. The van der Waals surface area contributed by atoms with Gasteiger partial charge in [0.1, 0.15) is 0 Å². The number of nitrogens with one attached hydrogen (secondary N) is 1. The summed E-state index contributed by atoms with van der Waals surface area (Å²) in [6.07, 6.45) is 1.18. The maximum absolute atomic E-state index is 3.48. The molecule has 0 amide bonds. The maximum Gasteiger partial charge on any atom is 0.0372 e. The van der Waals surface area contributed by atoms with Gasteiger partial charge < -0.3 is 10.2 Å². The minimum absolute atomic E-state index is 1.04. The number of hydrogen-bond acceptors (Lipinski definition) is 2. The summed E-state index contributed by atoms with van der Waals surface area (Å²) in [5.41, 5.74) is 3.91. The molecule has 0 spiro atoms. The fraction of sp³-hybridized carbons (Fsp3) is 0.538. The van der Waals surface area contributed by atoms with Crippen LogP contribution in [0.4, 0.5) is 5.69 Å². The third-order valence-electron chi connectivity index (χ3n) is 2.49. The molecule has 1 rings (SSSR count). The van der Waals surface area contributed by atoms with Gasteiger partial charge in [-0.05, 0) is 58.1 Å². The van der Waals surface area contributed by atoms with Crippen LogP contribution in [0.2, 0.25) is 0 Å². The normalized spacial score (nSPS) is 10.7. The van der Waals surface area contributed by atoms with Gasteiger partial charge in [0.05, 0.1) is 0 Å². The van der Waals surface area contributed by atoms with Gasteiger partial charge in [-0.3, -0.25) is 0 Å². The average Bonchev–Trinajstić information content (AvgIpc) is 2.17. The summed E-state index contributed by atoms with van der Waals surface area (Å²) in [5, 5.41) is 3.48. The van der Waals surface area contributed by atoms with Gasteiger partial charge in [0, 0.05) is 12.2 Å². The van der Waals surface area contributed by atoms with Crippen molar-refractivity contribution < 1.29 is 0 Å². The number of hydrogen-bond donors (Lipinski definition) is 1. The van der Waals surface area contributed by atoms with Crippen LogP contribution in [0.15, 0.2) is 18.2 Å². The second kappa shape index (κ2) is 5.76. The van der Waals surface area contributed by atoms with Gasteiger partial charge in [0.25, 0.3) is 0 Å². The Morgan fingerprint density at radius 2 is 1.93 bits per heavy atom. The van der Waals surface area contributed by atoms with Crippen molar-refractivity contribution in [3.8, 4) is 0 Å². The van der Waals surface area contributed by atoms with E-state index in [-0.39, 0.29) is 0 Å². The highest BCUT2D eigenvalue weighted by Gasteiger charge is 1.97. The predicted molar refractivity (Wildman–Crippen MR) is 67.6 cm³/mol. The molecule has 0 aromatic heterocycles. The third kappa shape index (κ3) is 4.34. The molecule has 0 radical (unpaired) electrons. The zero-order valence-corrected chi connectivity index (χ0v) is 10.3. The smallest absolute Gasteiger partial charge is 0.0372 e. The van der Waals surface area contributed by atoms with E-state index in [1.807, 2.05) is 0 Å². The Kier molecular flexibility index (Phi) is 4.63. The van der Waals surface area contributed by atoms with Crippen molar-refractivity contribution in [2.45, 2.75) is 20.3 Å². The summed E-state index contributed by atoms with van der Waals surface area (Å²) >= 11 is 0. The van der Waals surface area contributed by atoms with Gasteiger partial charge in [-0.25, -0.2) is 0 Å². The number of benzene rings is 1. The van der Waals surface area contributed by atoms with Gasteiger partial charge in [-0.2, -0.15) is 0 Å². The third-order valence-corrected chi connectivity index (χ3v) is 2.49. The number of nitrogens with zero attached hydrogens (tertiary/aromatic N) is 1. The second-order valence-corrected chi connectivity index (χ2v) is 4.40. The standard InChI is InChI=1S/C13H22N2/c1-11-6-7-12(2)13(10-11)14-8-5-9-15(3)4/h6-7,10,14H,5,8-9H2,1-4H3. The molecule has 2 heteroatoms. The van der Waals surface area contributed by atoms with E-state index in [4.69, 9.17) is 0 Å². The summed E-state index contributed by atoms with van der Waals surface area (Å²) in [7, 11) is 4.22. The highest BCUT2D eigenvalue weighted by Crippen LogP contribution is 2.15. The highest BCUT2D eigenvalue weighted by molar-refractivity contribution is 5.52. The van der Waals surface area contributed by atoms with Crippen molar-refractivity contribution in [1.82, 2.24) is 4.90 Å². The molecule has 2 nitrogen and oxygen atoms in total. The van der Waals surface area contributed by atoms with Crippen molar-refractivity contribution in [2.24, 2.45) is 0 Å². The highest BCUT2D eigenvalue weighted by atomic mass is 15.1. The van der Waals surface area contributed by atoms with Gasteiger partial charge in [0.2, 0.25) is 0 Å². The molecule has 0 heterocycles. The van der Waals surface area contributed by atoms with E-state index in [0.29, 0.717) is 0 Å². The quantitative estimate of drug-likeness (QED) is 0.745. The lowest BCUT2D eigenvalue weighted by molar-refractivity contribution is 0.405. The zero-order chi connectivity index (χ0) is 11.3. The topological polar surface area (TPSA) is 15.3 Å². The molecule has 0 atom stereocenters. The molecule has 1 aromatic carbocycles. The minimum atomic E-state index is 1.04. The molecule has 0 aliphatic carbocycles. The molecule has 0 fully saturated rings. The molecule has 0 aliphatic heterocycles. The molecule has 84 valence electrons. The van der Waals surface area contributed by atoms with Gasteiger partial charge in [-0.15, -0.1) is 0 Å². The van der Waals surface area contributed by atoms with E-state index in [1.54, 1.807) is 0 Å². The van der Waals surface area contributed by atoms with Crippen LogP contribution in [0.5, 0.6) is 0 Å². The maximum atomic E-state index is 3.48. The number of anilines is 1. The van der Waals surface area contributed by atoms with Crippen LogP contribution >= 0.6 is 0 Å². The Labute approximate surface area is 93.3 Å². The van der Waals surface area contributed by atoms with Crippen LogP contribution in [0.1, 0.15) is 17.5 Å². The average molecular weight is 206 g/mol. The van der Waals surface area contributed by atoms with Gasteiger partial charge >= 0.3 is 0 Å². The molecular weight excluding hydrogens is 184 g/mol. The van der Waals surface area contributed by atoms with E-state index in [2.05, 4.69) is 56.4 Å². The van der Waals surface area contributed by atoms with E-state index < -0.39 is 0 Å². The SMILES string of the molecule is Cc1ccc(C)c(NCCCN(C)C)c1. The zero-order valence-electron chi connectivity index (χ0n) is 10.3. The van der Waals surface area contributed by atoms with Crippen LogP contribution in [0, 0.1) is 13.8 Å².